The average molecular weight is 410 g/mol. The van der Waals surface area contributed by atoms with Crippen molar-refractivity contribution in [1.82, 2.24) is 19.7 Å². The molecule has 0 N–H and O–H groups in total. The second-order valence-corrected chi connectivity index (χ2v) is 7.28. The highest BCUT2D eigenvalue weighted by molar-refractivity contribution is 5.77. The Labute approximate surface area is 175 Å². The highest BCUT2D eigenvalue weighted by Gasteiger charge is 2.28. The topological polar surface area (TPSA) is 82.6 Å². The van der Waals surface area contributed by atoms with Gasteiger partial charge < -0.3 is 18.8 Å². The van der Waals surface area contributed by atoms with Crippen molar-refractivity contribution in [1.29, 1.82) is 0 Å². The number of amides is 1. The number of nitrogens with zero attached hydrogens (tertiary/aromatic N) is 4. The molecule has 0 atom stereocenters. The van der Waals surface area contributed by atoms with Crippen molar-refractivity contribution in [3.63, 3.8) is 0 Å². The van der Waals surface area contributed by atoms with Crippen LogP contribution in [0.5, 0.6) is 5.75 Å². The fraction of sp³-hybridized carbons (Fsp3) is 0.409. The van der Waals surface area contributed by atoms with Gasteiger partial charge in [0.05, 0.1) is 20.3 Å². The van der Waals surface area contributed by atoms with E-state index in [2.05, 4.69) is 4.98 Å². The summed E-state index contributed by atoms with van der Waals surface area (Å²) in [6, 6.07) is 7.85. The molecule has 0 bridgehead atoms. The Balaban J connectivity index is 1.47. The lowest BCUT2D eigenvalue weighted by Gasteiger charge is -2.28. The van der Waals surface area contributed by atoms with Crippen molar-refractivity contribution in [2.45, 2.75) is 32.4 Å². The molecule has 0 saturated carbocycles. The Bertz CT molecular complexity index is 979. The molecule has 0 unspecified atom stereocenters. The molecule has 0 aliphatic carbocycles. The number of hydrogen-bond acceptors (Lipinski definition) is 6. The molecule has 8 heteroatoms. The van der Waals surface area contributed by atoms with E-state index >= 15 is 0 Å². The van der Waals surface area contributed by atoms with Crippen molar-refractivity contribution in [3.8, 4) is 17.1 Å². The predicted octanol–water partition coefficient (Wildman–Crippen LogP) is 2.71. The van der Waals surface area contributed by atoms with Gasteiger partial charge in [-0.1, -0.05) is 12.1 Å². The van der Waals surface area contributed by atoms with Crippen LogP contribution in [0.1, 0.15) is 23.2 Å². The summed E-state index contributed by atoms with van der Waals surface area (Å²) < 4.78 is 17.5. The van der Waals surface area contributed by atoms with E-state index in [1.807, 2.05) is 33.8 Å². The number of oxazole rings is 1. The van der Waals surface area contributed by atoms with Crippen molar-refractivity contribution in [3.05, 3.63) is 53.7 Å². The van der Waals surface area contributed by atoms with Crippen molar-refractivity contribution < 1.29 is 18.7 Å². The lowest BCUT2D eigenvalue weighted by molar-refractivity contribution is -0.132. The summed E-state index contributed by atoms with van der Waals surface area (Å²) in [7, 11) is 3.32. The lowest BCUT2D eigenvalue weighted by Crippen LogP contribution is -2.36. The average Bonchev–Trinajstić information content (AvgIpc) is 3.44. The second kappa shape index (κ2) is 9.13. The molecule has 0 saturated heterocycles. The van der Waals surface area contributed by atoms with E-state index in [4.69, 9.17) is 19.0 Å². The van der Waals surface area contributed by atoms with Crippen LogP contribution in [0.4, 0.5) is 0 Å². The third-order valence-electron chi connectivity index (χ3n) is 5.46. The number of ether oxygens (including phenoxy) is 2. The van der Waals surface area contributed by atoms with Gasteiger partial charge in [-0.2, -0.15) is 5.10 Å². The molecule has 4 rings (SSSR count). The summed E-state index contributed by atoms with van der Waals surface area (Å²) in [4.78, 5) is 19.1. The van der Waals surface area contributed by atoms with Crippen LogP contribution >= 0.6 is 0 Å². The van der Waals surface area contributed by atoms with E-state index in [1.54, 1.807) is 20.5 Å². The number of aromatic nitrogens is 3. The quantitative estimate of drug-likeness (QED) is 0.568. The first-order valence-corrected chi connectivity index (χ1v) is 10.1. The van der Waals surface area contributed by atoms with E-state index in [1.165, 1.54) is 6.39 Å². The predicted molar refractivity (Wildman–Crippen MR) is 110 cm³/mol. The molecule has 1 aromatic carbocycles. The molecule has 0 spiro atoms. The summed E-state index contributed by atoms with van der Waals surface area (Å²) >= 11 is 0. The van der Waals surface area contributed by atoms with Crippen LogP contribution in [-0.4, -0.2) is 52.9 Å². The van der Waals surface area contributed by atoms with Crippen LogP contribution in [-0.2, 0) is 35.5 Å². The maximum atomic E-state index is 12.9. The number of fused-ring (bicyclic) bond motifs is 1. The third kappa shape index (κ3) is 4.23. The number of hydrogen-bond donors (Lipinski definition) is 0. The maximum absolute atomic E-state index is 12.9. The molecule has 1 amide bonds. The van der Waals surface area contributed by atoms with E-state index in [0.717, 1.165) is 34.7 Å². The summed E-state index contributed by atoms with van der Waals surface area (Å²) in [5, 5.41) is 4.74. The molecule has 8 nitrogen and oxygen atoms in total. The smallest absolute Gasteiger partial charge is 0.223 e. The van der Waals surface area contributed by atoms with Crippen LogP contribution < -0.4 is 4.74 Å². The van der Waals surface area contributed by atoms with Crippen LogP contribution in [0.25, 0.3) is 11.4 Å². The third-order valence-corrected chi connectivity index (χ3v) is 5.46. The zero-order valence-electron chi connectivity index (χ0n) is 17.3. The molecule has 1 aliphatic rings. The van der Waals surface area contributed by atoms with Gasteiger partial charge in [0.15, 0.2) is 6.39 Å². The number of methoxy groups -OCH3 is 2. The lowest BCUT2D eigenvalue weighted by atomic mass is 10.0. The fourth-order valence-corrected chi connectivity index (χ4v) is 3.80. The molecule has 3 aromatic rings. The van der Waals surface area contributed by atoms with E-state index < -0.39 is 0 Å². The standard InChI is InChI=1S/C22H26N4O4/c1-28-12-11-26-20-9-10-25(13-18(20)22(24-26)19-14-30-15-23-19)21(27)8-5-16-3-6-17(29-2)7-4-16/h3-4,6-7,14-15H,5,8-13H2,1-2H3. The van der Waals surface area contributed by atoms with Crippen LogP contribution in [0.3, 0.4) is 0 Å². The molecule has 3 heterocycles. The molecular formula is C22H26N4O4. The Morgan fingerprint density at radius 3 is 2.77 bits per heavy atom. The van der Waals surface area contributed by atoms with Crippen LogP contribution in [0.2, 0.25) is 0 Å². The molecule has 1 aliphatic heterocycles. The molecular weight excluding hydrogens is 384 g/mol. The zero-order valence-corrected chi connectivity index (χ0v) is 17.3. The van der Waals surface area contributed by atoms with Gasteiger partial charge in [0.1, 0.15) is 23.4 Å². The van der Waals surface area contributed by atoms with Gasteiger partial charge in [-0.05, 0) is 24.1 Å². The van der Waals surface area contributed by atoms with Crippen molar-refractivity contribution in [2.75, 3.05) is 27.4 Å². The SMILES string of the molecule is COCCn1nc(-c2cocn2)c2c1CCN(C(=O)CCc1ccc(OC)cc1)C2. The van der Waals surface area contributed by atoms with Gasteiger partial charge in [0, 0.05) is 44.3 Å². The molecule has 0 radical (unpaired) electrons. The summed E-state index contributed by atoms with van der Waals surface area (Å²) in [6.07, 6.45) is 4.93. The molecule has 158 valence electrons. The van der Waals surface area contributed by atoms with Crippen LogP contribution in [0.15, 0.2) is 41.3 Å². The van der Waals surface area contributed by atoms with E-state index in [0.29, 0.717) is 44.8 Å². The van der Waals surface area contributed by atoms with Gasteiger partial charge in [-0.25, -0.2) is 4.98 Å². The highest BCUT2D eigenvalue weighted by Crippen LogP contribution is 2.29. The van der Waals surface area contributed by atoms with E-state index in [-0.39, 0.29) is 5.91 Å². The van der Waals surface area contributed by atoms with Gasteiger partial charge in [-0.3, -0.25) is 9.48 Å². The van der Waals surface area contributed by atoms with Gasteiger partial charge in [0.25, 0.3) is 0 Å². The Kier molecular flexibility index (Phi) is 6.13. The fourth-order valence-electron chi connectivity index (χ4n) is 3.80. The monoisotopic (exact) mass is 410 g/mol. The van der Waals surface area contributed by atoms with Gasteiger partial charge >= 0.3 is 0 Å². The first kappa shape index (κ1) is 20.2. The number of rotatable bonds is 8. The highest BCUT2D eigenvalue weighted by atomic mass is 16.5. The zero-order chi connectivity index (χ0) is 20.9. The normalized spacial score (nSPS) is 13.3. The summed E-state index contributed by atoms with van der Waals surface area (Å²) in [5.74, 6) is 0.965. The Morgan fingerprint density at radius 2 is 2.07 bits per heavy atom. The minimum absolute atomic E-state index is 0.146. The second-order valence-electron chi connectivity index (χ2n) is 7.28. The van der Waals surface area contributed by atoms with E-state index in [9.17, 15) is 4.79 Å². The summed E-state index contributed by atoms with van der Waals surface area (Å²) in [5.41, 5.74) is 4.78. The number of aryl methyl sites for hydroxylation is 1. The van der Waals surface area contributed by atoms with Crippen LogP contribution in [0, 0.1) is 0 Å². The number of carbonyl (C=O) groups is 1. The first-order valence-electron chi connectivity index (χ1n) is 10.1. The summed E-state index contributed by atoms with van der Waals surface area (Å²) in [6.45, 7) is 2.47. The molecule has 0 fully saturated rings. The number of carbonyl (C=O) groups excluding carboxylic acids is 1. The first-order chi connectivity index (χ1) is 14.7. The van der Waals surface area contributed by atoms with Crippen molar-refractivity contribution in [2.24, 2.45) is 0 Å². The largest absolute Gasteiger partial charge is 0.497 e. The van der Waals surface area contributed by atoms with Crippen molar-refractivity contribution >= 4 is 5.91 Å². The molecule has 30 heavy (non-hydrogen) atoms. The van der Waals surface area contributed by atoms with Gasteiger partial charge in [-0.15, -0.1) is 0 Å². The molecule has 2 aromatic heterocycles. The Morgan fingerprint density at radius 1 is 1.23 bits per heavy atom. The minimum Gasteiger partial charge on any atom is -0.497 e. The minimum atomic E-state index is 0.146. The number of benzene rings is 1. The van der Waals surface area contributed by atoms with Gasteiger partial charge in [0.2, 0.25) is 5.91 Å². The Hall–Kier alpha value is -3.13. The maximum Gasteiger partial charge on any atom is 0.223 e.